The van der Waals surface area contributed by atoms with Crippen LogP contribution in [0.2, 0.25) is 0 Å². The number of hydrogen-bond donors (Lipinski definition) is 0. The van der Waals surface area contributed by atoms with Crippen molar-refractivity contribution in [1.82, 2.24) is 18.9 Å². The number of aromatic nitrogens is 4. The van der Waals surface area contributed by atoms with Crippen LogP contribution >= 0.6 is 22.9 Å². The molecule has 0 aliphatic heterocycles. The molecule has 0 unspecified atom stereocenters. The van der Waals surface area contributed by atoms with Crippen LogP contribution in [0.4, 0.5) is 0 Å². The van der Waals surface area contributed by atoms with E-state index >= 15 is 0 Å². The first kappa shape index (κ1) is 12.4. The first-order valence-electron chi connectivity index (χ1n) is 5.80. The van der Waals surface area contributed by atoms with Crippen LogP contribution in [0.15, 0.2) is 11.1 Å². The molecule has 5 nitrogen and oxygen atoms in total. The van der Waals surface area contributed by atoms with Crippen LogP contribution in [0.25, 0.3) is 10.2 Å². The second-order valence-corrected chi connectivity index (χ2v) is 6.52. The molecule has 0 amide bonds. The number of rotatable bonds is 2. The van der Waals surface area contributed by atoms with Crippen molar-refractivity contribution in [3.05, 3.63) is 38.0 Å². The Morgan fingerprint density at radius 3 is 2.79 bits per heavy atom. The van der Waals surface area contributed by atoms with Gasteiger partial charge in [-0.15, -0.1) is 11.3 Å². The smallest absolute Gasteiger partial charge is 0.264 e. The zero-order chi connectivity index (χ0) is 13.6. The summed E-state index contributed by atoms with van der Waals surface area (Å²) in [5.74, 6) is 0. The van der Waals surface area contributed by atoms with Gasteiger partial charge in [-0.05, 0) is 32.3 Å². The Labute approximate surface area is 117 Å². The second-order valence-electron chi connectivity index (χ2n) is 4.36. The SMILES string of the molecule is Cc1nc(Cn2cnc3snc(C)c3c2=O)c(C)s1. The molecule has 7 heteroatoms. The highest BCUT2D eigenvalue weighted by Gasteiger charge is 2.12. The van der Waals surface area contributed by atoms with Gasteiger partial charge in [0.1, 0.15) is 0 Å². The van der Waals surface area contributed by atoms with Gasteiger partial charge in [0.05, 0.1) is 34.7 Å². The molecule has 0 fully saturated rings. The topological polar surface area (TPSA) is 60.7 Å². The number of nitrogens with zero attached hydrogens (tertiary/aromatic N) is 4. The molecule has 0 saturated carbocycles. The van der Waals surface area contributed by atoms with Gasteiger partial charge in [-0.25, -0.2) is 9.97 Å². The number of fused-ring (bicyclic) bond motifs is 1. The molecule has 3 aromatic rings. The standard InChI is InChI=1S/C12H12N4OS2/c1-6-10-11(19-15-6)13-5-16(12(10)17)4-9-7(2)18-8(3)14-9/h5H,4H2,1-3H3. The fraction of sp³-hybridized carbons (Fsp3) is 0.333. The second kappa shape index (κ2) is 4.50. The summed E-state index contributed by atoms with van der Waals surface area (Å²) in [6.07, 6.45) is 1.58. The lowest BCUT2D eigenvalue weighted by atomic mass is 10.3. The molecule has 3 rings (SSSR count). The molecular formula is C12H12N4OS2. The average Bonchev–Trinajstić information content (AvgIpc) is 2.87. The monoisotopic (exact) mass is 292 g/mol. The predicted molar refractivity (Wildman–Crippen MR) is 77.1 cm³/mol. The van der Waals surface area contributed by atoms with E-state index in [4.69, 9.17) is 0 Å². The van der Waals surface area contributed by atoms with Gasteiger partial charge in [-0.2, -0.15) is 4.37 Å². The van der Waals surface area contributed by atoms with Crippen molar-refractivity contribution in [2.45, 2.75) is 27.3 Å². The summed E-state index contributed by atoms with van der Waals surface area (Å²) in [5, 5.41) is 1.64. The molecule has 0 aliphatic carbocycles. The average molecular weight is 292 g/mol. The van der Waals surface area contributed by atoms with Crippen LogP contribution in [0, 0.1) is 20.8 Å². The van der Waals surface area contributed by atoms with Gasteiger partial charge in [0, 0.05) is 4.88 Å². The normalized spacial score (nSPS) is 11.3. The zero-order valence-electron chi connectivity index (χ0n) is 10.8. The van der Waals surface area contributed by atoms with Crippen molar-refractivity contribution in [3.8, 4) is 0 Å². The third kappa shape index (κ3) is 2.08. The molecule has 98 valence electrons. The lowest BCUT2D eigenvalue weighted by Crippen LogP contribution is -2.21. The summed E-state index contributed by atoms with van der Waals surface area (Å²) in [5.41, 5.74) is 1.64. The molecule has 0 saturated heterocycles. The van der Waals surface area contributed by atoms with Crippen molar-refractivity contribution in [1.29, 1.82) is 0 Å². The maximum atomic E-state index is 12.4. The van der Waals surface area contributed by atoms with Gasteiger partial charge in [0.2, 0.25) is 0 Å². The summed E-state index contributed by atoms with van der Waals surface area (Å²) >= 11 is 2.91. The van der Waals surface area contributed by atoms with Crippen molar-refractivity contribution in [2.24, 2.45) is 0 Å². The van der Waals surface area contributed by atoms with E-state index in [-0.39, 0.29) is 5.56 Å². The molecule has 0 radical (unpaired) electrons. The van der Waals surface area contributed by atoms with Gasteiger partial charge in [-0.3, -0.25) is 9.36 Å². The maximum absolute atomic E-state index is 12.4. The van der Waals surface area contributed by atoms with E-state index in [1.54, 1.807) is 22.2 Å². The Bertz CT molecular complexity index is 815. The van der Waals surface area contributed by atoms with E-state index in [0.29, 0.717) is 16.8 Å². The first-order chi connectivity index (χ1) is 9.06. The number of thiazole rings is 1. The molecule has 0 aromatic carbocycles. The Morgan fingerprint density at radius 1 is 1.32 bits per heavy atom. The summed E-state index contributed by atoms with van der Waals surface area (Å²) in [7, 11) is 0. The maximum Gasteiger partial charge on any atom is 0.264 e. The molecule has 0 aliphatic rings. The Kier molecular flexibility index (Phi) is 2.94. The minimum atomic E-state index is -0.0405. The fourth-order valence-corrected chi connectivity index (χ4v) is 3.57. The third-order valence-electron chi connectivity index (χ3n) is 2.95. The van der Waals surface area contributed by atoms with E-state index in [1.807, 2.05) is 20.8 Å². The molecular weight excluding hydrogens is 280 g/mol. The molecule has 0 atom stereocenters. The van der Waals surface area contributed by atoms with Crippen molar-refractivity contribution >= 4 is 33.1 Å². The summed E-state index contributed by atoms with van der Waals surface area (Å²) in [4.78, 5) is 23.0. The number of aryl methyl sites for hydroxylation is 3. The molecule has 0 N–H and O–H groups in total. The Hall–Kier alpha value is -1.60. The van der Waals surface area contributed by atoms with Gasteiger partial charge < -0.3 is 0 Å². The fourth-order valence-electron chi connectivity index (χ4n) is 2.00. The lowest BCUT2D eigenvalue weighted by molar-refractivity contribution is 0.729. The van der Waals surface area contributed by atoms with Crippen molar-refractivity contribution in [3.63, 3.8) is 0 Å². The highest BCUT2D eigenvalue weighted by molar-refractivity contribution is 7.13. The summed E-state index contributed by atoms with van der Waals surface area (Å²) in [6, 6.07) is 0. The predicted octanol–water partition coefficient (Wildman–Crippen LogP) is 2.28. The highest BCUT2D eigenvalue weighted by Crippen LogP contribution is 2.18. The van der Waals surface area contributed by atoms with E-state index in [0.717, 1.165) is 21.3 Å². The minimum Gasteiger partial charge on any atom is -0.292 e. The van der Waals surface area contributed by atoms with E-state index < -0.39 is 0 Å². The Morgan fingerprint density at radius 2 is 2.11 bits per heavy atom. The number of hydrogen-bond acceptors (Lipinski definition) is 6. The van der Waals surface area contributed by atoms with Crippen molar-refractivity contribution in [2.75, 3.05) is 0 Å². The summed E-state index contributed by atoms with van der Waals surface area (Å²) < 4.78 is 5.78. The van der Waals surface area contributed by atoms with Crippen LogP contribution in [-0.4, -0.2) is 18.9 Å². The minimum absolute atomic E-state index is 0.0405. The molecule has 0 spiro atoms. The molecule has 0 bridgehead atoms. The third-order valence-corrected chi connectivity index (χ3v) is 4.73. The van der Waals surface area contributed by atoms with Gasteiger partial charge in [0.25, 0.3) is 5.56 Å². The summed E-state index contributed by atoms with van der Waals surface area (Å²) in [6.45, 7) is 6.30. The zero-order valence-corrected chi connectivity index (χ0v) is 12.4. The van der Waals surface area contributed by atoms with Crippen LogP contribution < -0.4 is 5.56 Å². The largest absolute Gasteiger partial charge is 0.292 e. The van der Waals surface area contributed by atoms with Crippen molar-refractivity contribution < 1.29 is 0 Å². The molecule has 19 heavy (non-hydrogen) atoms. The van der Waals surface area contributed by atoms with E-state index in [9.17, 15) is 4.79 Å². The van der Waals surface area contributed by atoms with Crippen LogP contribution in [-0.2, 0) is 6.54 Å². The molecule has 3 aromatic heterocycles. The highest BCUT2D eigenvalue weighted by atomic mass is 32.1. The first-order valence-corrected chi connectivity index (χ1v) is 7.39. The van der Waals surface area contributed by atoms with Gasteiger partial charge >= 0.3 is 0 Å². The van der Waals surface area contributed by atoms with Crippen LogP contribution in [0.5, 0.6) is 0 Å². The quantitative estimate of drug-likeness (QED) is 0.727. The van der Waals surface area contributed by atoms with E-state index in [1.165, 1.54) is 11.5 Å². The lowest BCUT2D eigenvalue weighted by Gasteiger charge is -2.03. The van der Waals surface area contributed by atoms with Crippen LogP contribution in [0.3, 0.4) is 0 Å². The molecule has 3 heterocycles. The van der Waals surface area contributed by atoms with Gasteiger partial charge in [-0.1, -0.05) is 0 Å². The van der Waals surface area contributed by atoms with E-state index in [2.05, 4.69) is 14.3 Å². The van der Waals surface area contributed by atoms with Crippen LogP contribution in [0.1, 0.15) is 21.3 Å². The van der Waals surface area contributed by atoms with Gasteiger partial charge in [0.15, 0.2) is 4.83 Å². The Balaban J connectivity index is 2.11.